The van der Waals surface area contributed by atoms with E-state index in [0.717, 1.165) is 5.69 Å². The normalized spacial score (nSPS) is 9.73. The van der Waals surface area contributed by atoms with Gasteiger partial charge in [0.25, 0.3) is 0 Å². The minimum atomic E-state index is 0.00611. The molecule has 0 saturated carbocycles. The zero-order valence-electron chi connectivity index (χ0n) is 5.97. The van der Waals surface area contributed by atoms with Crippen molar-refractivity contribution in [1.29, 1.82) is 0 Å². The fourth-order valence-electron chi connectivity index (χ4n) is 0.839. The van der Waals surface area contributed by atoms with E-state index in [4.69, 9.17) is 5.84 Å². The van der Waals surface area contributed by atoms with E-state index in [0.29, 0.717) is 5.69 Å². The number of anilines is 1. The van der Waals surface area contributed by atoms with Crippen molar-refractivity contribution in [2.24, 2.45) is 12.9 Å². The Morgan fingerprint density at radius 3 is 2.73 bits per heavy atom. The molecule has 0 aromatic carbocycles. The van der Waals surface area contributed by atoms with E-state index in [2.05, 4.69) is 5.43 Å². The number of nitrogens with zero attached hydrogens (tertiary/aromatic N) is 1. The highest BCUT2D eigenvalue weighted by Gasteiger charge is 2.06. The van der Waals surface area contributed by atoms with Crippen LogP contribution < -0.4 is 11.3 Å². The van der Waals surface area contributed by atoms with Crippen molar-refractivity contribution in [3.8, 4) is 0 Å². The van der Waals surface area contributed by atoms with Gasteiger partial charge in [-0.05, 0) is 6.07 Å². The highest BCUT2D eigenvalue weighted by Crippen LogP contribution is 2.13. The summed E-state index contributed by atoms with van der Waals surface area (Å²) in [6, 6.07) is 1.70. The van der Waals surface area contributed by atoms with Crippen LogP contribution in [0.2, 0.25) is 0 Å². The fourth-order valence-corrected chi connectivity index (χ4v) is 1.38. The van der Waals surface area contributed by atoms with Crippen LogP contribution in [0, 0.1) is 0 Å². The van der Waals surface area contributed by atoms with E-state index < -0.39 is 0 Å². The number of hydrazine groups is 1. The third kappa shape index (κ3) is 1.72. The zero-order valence-corrected chi connectivity index (χ0v) is 8.12. The SMILES string of the molecule is Cn1cc(NN)cc1C(=O)I. The number of nitrogens with one attached hydrogen (secondary N) is 1. The van der Waals surface area contributed by atoms with Crippen LogP contribution in [0.25, 0.3) is 0 Å². The maximum atomic E-state index is 10.9. The van der Waals surface area contributed by atoms with E-state index in [1.807, 2.05) is 0 Å². The number of nitrogens with two attached hydrogens (primary N) is 1. The minimum absolute atomic E-state index is 0.00611. The molecule has 0 aliphatic heterocycles. The molecular weight excluding hydrogens is 257 g/mol. The van der Waals surface area contributed by atoms with Crippen molar-refractivity contribution in [2.75, 3.05) is 5.43 Å². The molecule has 0 aliphatic rings. The third-order valence-corrected chi connectivity index (χ3v) is 1.93. The van der Waals surface area contributed by atoms with Gasteiger partial charge in [0.15, 0.2) is 0 Å². The van der Waals surface area contributed by atoms with Crippen LogP contribution in [0.1, 0.15) is 10.5 Å². The number of aryl methyl sites for hydroxylation is 1. The number of rotatable bonds is 2. The quantitative estimate of drug-likeness (QED) is 0.361. The number of hydrogen-bond acceptors (Lipinski definition) is 3. The van der Waals surface area contributed by atoms with Gasteiger partial charge >= 0.3 is 0 Å². The Morgan fingerprint density at radius 2 is 2.45 bits per heavy atom. The fraction of sp³-hybridized carbons (Fsp3) is 0.167. The van der Waals surface area contributed by atoms with Gasteiger partial charge in [0.2, 0.25) is 3.79 Å². The van der Waals surface area contributed by atoms with Crippen LogP contribution >= 0.6 is 22.6 Å². The molecule has 0 amide bonds. The lowest BCUT2D eigenvalue weighted by atomic mass is 10.4. The first kappa shape index (κ1) is 8.54. The molecule has 3 N–H and O–H groups in total. The van der Waals surface area contributed by atoms with E-state index in [1.165, 1.54) is 0 Å². The van der Waals surface area contributed by atoms with E-state index in [1.54, 1.807) is 46.5 Å². The van der Waals surface area contributed by atoms with Crippen molar-refractivity contribution < 1.29 is 4.79 Å². The predicted octanol–water partition coefficient (Wildman–Crippen LogP) is 0.886. The first-order chi connectivity index (χ1) is 5.15. The van der Waals surface area contributed by atoms with Gasteiger partial charge in [0, 0.05) is 35.8 Å². The van der Waals surface area contributed by atoms with Gasteiger partial charge in [-0.3, -0.25) is 10.6 Å². The van der Waals surface area contributed by atoms with Crippen molar-refractivity contribution in [3.05, 3.63) is 18.0 Å². The van der Waals surface area contributed by atoms with Gasteiger partial charge in [-0.1, -0.05) is 0 Å². The molecule has 0 unspecified atom stereocenters. The minimum Gasteiger partial charge on any atom is -0.345 e. The maximum absolute atomic E-state index is 10.9. The summed E-state index contributed by atoms with van der Waals surface area (Å²) in [6.07, 6.45) is 1.76. The Morgan fingerprint density at radius 1 is 1.82 bits per heavy atom. The molecule has 0 fully saturated rings. The standard InChI is InChI=1S/C6H8IN3O/c1-10-3-4(9-8)2-5(10)6(7)11/h2-3,9H,8H2,1H3. The average molecular weight is 265 g/mol. The summed E-state index contributed by atoms with van der Waals surface area (Å²) in [5.74, 6) is 5.16. The number of halogens is 1. The summed E-state index contributed by atoms with van der Waals surface area (Å²) in [5, 5.41) is 0. The molecule has 5 heteroatoms. The van der Waals surface area contributed by atoms with Gasteiger partial charge in [0.1, 0.15) is 0 Å². The summed E-state index contributed by atoms with van der Waals surface area (Å²) in [5.41, 5.74) is 3.85. The number of carbonyl (C=O) groups is 1. The van der Waals surface area contributed by atoms with Crippen molar-refractivity contribution in [1.82, 2.24) is 4.57 Å². The van der Waals surface area contributed by atoms with Gasteiger partial charge < -0.3 is 9.99 Å². The largest absolute Gasteiger partial charge is 0.345 e. The molecule has 0 bridgehead atoms. The van der Waals surface area contributed by atoms with Gasteiger partial charge in [0.05, 0.1) is 11.4 Å². The molecular formula is C6H8IN3O. The van der Waals surface area contributed by atoms with Crippen LogP contribution in [-0.2, 0) is 7.05 Å². The molecule has 4 nitrogen and oxygen atoms in total. The third-order valence-electron chi connectivity index (χ3n) is 1.37. The Bertz CT molecular complexity index is 281. The Kier molecular flexibility index (Phi) is 2.50. The lowest BCUT2D eigenvalue weighted by Gasteiger charge is -1.92. The Balaban J connectivity index is 3.07. The summed E-state index contributed by atoms with van der Waals surface area (Å²) < 4.78 is 1.73. The van der Waals surface area contributed by atoms with Crippen LogP contribution in [0.3, 0.4) is 0 Å². The van der Waals surface area contributed by atoms with Crippen molar-refractivity contribution >= 4 is 32.1 Å². The van der Waals surface area contributed by atoms with Crippen molar-refractivity contribution in [3.63, 3.8) is 0 Å². The molecule has 1 heterocycles. The smallest absolute Gasteiger partial charge is 0.238 e. The van der Waals surface area contributed by atoms with Crippen LogP contribution in [-0.4, -0.2) is 8.36 Å². The van der Waals surface area contributed by atoms with Crippen LogP contribution in [0.4, 0.5) is 5.69 Å². The topological polar surface area (TPSA) is 60.1 Å². The molecule has 0 aliphatic carbocycles. The molecule has 60 valence electrons. The molecule has 1 rings (SSSR count). The molecule has 0 saturated heterocycles. The second-order valence-electron chi connectivity index (χ2n) is 2.14. The van der Waals surface area contributed by atoms with E-state index in [9.17, 15) is 4.79 Å². The zero-order chi connectivity index (χ0) is 8.43. The molecule has 0 spiro atoms. The van der Waals surface area contributed by atoms with Gasteiger partial charge in [-0.25, -0.2) is 0 Å². The highest BCUT2D eigenvalue weighted by atomic mass is 127. The second-order valence-corrected chi connectivity index (χ2v) is 3.12. The number of hydrogen-bond donors (Lipinski definition) is 2. The van der Waals surface area contributed by atoms with E-state index >= 15 is 0 Å². The predicted molar refractivity (Wildman–Crippen MR) is 51.6 cm³/mol. The number of nitrogen functional groups attached to an aromatic ring is 1. The molecule has 11 heavy (non-hydrogen) atoms. The number of aromatic nitrogens is 1. The maximum Gasteiger partial charge on any atom is 0.238 e. The summed E-state index contributed by atoms with van der Waals surface area (Å²) in [7, 11) is 1.80. The second kappa shape index (κ2) is 3.22. The summed E-state index contributed by atoms with van der Waals surface area (Å²) in [6.45, 7) is 0. The average Bonchev–Trinajstić information content (AvgIpc) is 2.30. The van der Waals surface area contributed by atoms with E-state index in [-0.39, 0.29) is 3.79 Å². The molecule has 1 aromatic rings. The lowest BCUT2D eigenvalue weighted by Crippen LogP contribution is -2.05. The Hall–Kier alpha value is -0.560. The van der Waals surface area contributed by atoms with Crippen LogP contribution in [0.15, 0.2) is 12.3 Å². The summed E-state index contributed by atoms with van der Waals surface area (Å²) >= 11 is 1.74. The first-order valence-corrected chi connectivity index (χ1v) is 4.06. The molecule has 0 radical (unpaired) electrons. The van der Waals surface area contributed by atoms with Crippen molar-refractivity contribution in [2.45, 2.75) is 0 Å². The van der Waals surface area contributed by atoms with Gasteiger partial charge in [-0.15, -0.1) is 0 Å². The highest BCUT2D eigenvalue weighted by molar-refractivity contribution is 14.1. The monoisotopic (exact) mass is 265 g/mol. The summed E-state index contributed by atoms with van der Waals surface area (Å²) in [4.78, 5) is 10.9. The first-order valence-electron chi connectivity index (χ1n) is 2.98. The lowest BCUT2D eigenvalue weighted by molar-refractivity contribution is 0.109. The van der Waals surface area contributed by atoms with Crippen LogP contribution in [0.5, 0.6) is 0 Å². The number of carbonyl (C=O) groups excluding carboxylic acids is 1. The molecule has 0 atom stereocenters. The van der Waals surface area contributed by atoms with Gasteiger partial charge in [-0.2, -0.15) is 0 Å². The Labute approximate surface area is 77.9 Å². The molecule has 1 aromatic heterocycles.